The van der Waals surface area contributed by atoms with Gasteiger partial charge in [-0.1, -0.05) is 41.2 Å². The fraction of sp³-hybridized carbons (Fsp3) is 0.308. The third-order valence-electron chi connectivity index (χ3n) is 2.64. The molecule has 2 heterocycles. The molecule has 1 aromatic carbocycles. The highest BCUT2D eigenvalue weighted by Gasteiger charge is 2.12. The standard InChI is InChI=1S/C13H13N3OS2/c1-9-2-4-10(5-3-9)12-16-15-11(17-12)8-19-13-14-6-7-18-13/h2-5H,6-8H2,1H3. The Morgan fingerprint density at radius 1 is 1.26 bits per heavy atom. The van der Waals surface area contributed by atoms with Crippen molar-refractivity contribution in [1.29, 1.82) is 0 Å². The van der Waals surface area contributed by atoms with E-state index >= 15 is 0 Å². The Morgan fingerprint density at radius 3 is 2.84 bits per heavy atom. The third kappa shape index (κ3) is 3.19. The van der Waals surface area contributed by atoms with E-state index in [1.54, 1.807) is 23.5 Å². The minimum absolute atomic E-state index is 0.580. The summed E-state index contributed by atoms with van der Waals surface area (Å²) in [5, 5.41) is 8.16. The van der Waals surface area contributed by atoms with Gasteiger partial charge in [0.25, 0.3) is 0 Å². The van der Waals surface area contributed by atoms with Crippen molar-refractivity contribution >= 4 is 27.9 Å². The lowest BCUT2D eigenvalue weighted by Gasteiger charge is -1.96. The lowest BCUT2D eigenvalue weighted by Crippen LogP contribution is -1.84. The molecule has 98 valence electrons. The summed E-state index contributed by atoms with van der Waals surface area (Å²) >= 11 is 3.45. The lowest BCUT2D eigenvalue weighted by molar-refractivity contribution is 0.529. The van der Waals surface area contributed by atoms with E-state index in [-0.39, 0.29) is 0 Å². The van der Waals surface area contributed by atoms with Crippen LogP contribution in [0.5, 0.6) is 0 Å². The smallest absolute Gasteiger partial charge is 0.247 e. The highest BCUT2D eigenvalue weighted by atomic mass is 32.2. The number of nitrogens with zero attached hydrogens (tertiary/aromatic N) is 3. The second-order valence-electron chi connectivity index (χ2n) is 4.15. The van der Waals surface area contributed by atoms with E-state index in [4.69, 9.17) is 4.42 Å². The zero-order valence-corrected chi connectivity index (χ0v) is 12.1. The Morgan fingerprint density at radius 2 is 2.11 bits per heavy atom. The maximum atomic E-state index is 5.66. The quantitative estimate of drug-likeness (QED) is 0.867. The molecule has 19 heavy (non-hydrogen) atoms. The van der Waals surface area contributed by atoms with Crippen molar-refractivity contribution in [1.82, 2.24) is 10.2 Å². The predicted molar refractivity (Wildman–Crippen MR) is 80.5 cm³/mol. The minimum atomic E-state index is 0.580. The number of benzene rings is 1. The zero-order valence-electron chi connectivity index (χ0n) is 10.5. The van der Waals surface area contributed by atoms with Gasteiger partial charge in [-0.15, -0.1) is 10.2 Å². The van der Waals surface area contributed by atoms with Crippen molar-refractivity contribution in [2.24, 2.45) is 4.99 Å². The van der Waals surface area contributed by atoms with Crippen LogP contribution in [-0.4, -0.2) is 26.9 Å². The summed E-state index contributed by atoms with van der Waals surface area (Å²) in [5.74, 6) is 3.00. The first-order chi connectivity index (χ1) is 9.31. The summed E-state index contributed by atoms with van der Waals surface area (Å²) in [6, 6.07) is 8.07. The van der Waals surface area contributed by atoms with Crippen molar-refractivity contribution < 1.29 is 4.42 Å². The van der Waals surface area contributed by atoms with Crippen LogP contribution in [0.1, 0.15) is 11.5 Å². The minimum Gasteiger partial charge on any atom is -0.420 e. The van der Waals surface area contributed by atoms with Crippen molar-refractivity contribution in [2.75, 3.05) is 12.3 Å². The van der Waals surface area contributed by atoms with Crippen LogP contribution in [0.15, 0.2) is 33.7 Å². The van der Waals surface area contributed by atoms with Crippen LogP contribution in [0.3, 0.4) is 0 Å². The van der Waals surface area contributed by atoms with E-state index in [2.05, 4.69) is 22.1 Å². The maximum Gasteiger partial charge on any atom is 0.247 e. The molecule has 4 nitrogen and oxygen atoms in total. The molecule has 2 aromatic rings. The summed E-state index contributed by atoms with van der Waals surface area (Å²) in [4.78, 5) is 4.38. The average Bonchev–Trinajstić information content (AvgIpc) is 3.09. The van der Waals surface area contributed by atoms with Crippen LogP contribution < -0.4 is 0 Å². The second kappa shape index (κ2) is 5.79. The molecule has 1 aliphatic rings. The van der Waals surface area contributed by atoms with Gasteiger partial charge in [-0.25, -0.2) is 0 Å². The molecule has 0 amide bonds. The molecule has 0 unspecified atom stereocenters. The van der Waals surface area contributed by atoms with E-state index in [0.29, 0.717) is 17.5 Å². The number of aliphatic imine (C=N–C) groups is 1. The van der Waals surface area contributed by atoms with Gasteiger partial charge in [0.15, 0.2) is 0 Å². The average molecular weight is 291 g/mol. The number of aromatic nitrogens is 2. The number of thioether (sulfide) groups is 2. The van der Waals surface area contributed by atoms with E-state index in [1.807, 2.05) is 24.3 Å². The molecule has 0 N–H and O–H groups in total. The van der Waals surface area contributed by atoms with Crippen molar-refractivity contribution in [3.05, 3.63) is 35.7 Å². The summed E-state index contributed by atoms with van der Waals surface area (Å²) in [7, 11) is 0. The fourth-order valence-electron chi connectivity index (χ4n) is 1.65. The van der Waals surface area contributed by atoms with E-state index < -0.39 is 0 Å². The molecule has 0 radical (unpaired) electrons. The molecule has 0 spiro atoms. The van der Waals surface area contributed by atoms with Crippen molar-refractivity contribution in [3.63, 3.8) is 0 Å². The Hall–Kier alpha value is -1.27. The van der Waals surface area contributed by atoms with E-state index in [9.17, 15) is 0 Å². The molecule has 0 bridgehead atoms. The summed E-state index contributed by atoms with van der Waals surface area (Å²) < 4.78 is 6.78. The van der Waals surface area contributed by atoms with Gasteiger partial charge < -0.3 is 4.42 Å². The molecule has 0 saturated carbocycles. The van der Waals surface area contributed by atoms with Gasteiger partial charge in [-0.05, 0) is 19.1 Å². The van der Waals surface area contributed by atoms with Gasteiger partial charge in [0, 0.05) is 11.3 Å². The summed E-state index contributed by atoms with van der Waals surface area (Å²) in [5.41, 5.74) is 2.18. The van der Waals surface area contributed by atoms with Crippen LogP contribution in [0.25, 0.3) is 11.5 Å². The largest absolute Gasteiger partial charge is 0.420 e. The number of aryl methyl sites for hydroxylation is 1. The molecule has 0 aliphatic carbocycles. The van der Waals surface area contributed by atoms with Gasteiger partial charge in [0.05, 0.1) is 12.3 Å². The van der Waals surface area contributed by atoms with Crippen LogP contribution >= 0.6 is 23.5 Å². The Kier molecular flexibility index (Phi) is 3.89. The first kappa shape index (κ1) is 12.7. The summed E-state index contributed by atoms with van der Waals surface area (Å²) in [6.07, 6.45) is 0. The Balaban J connectivity index is 1.67. The molecule has 1 aliphatic heterocycles. The second-order valence-corrected chi connectivity index (χ2v) is 6.46. The first-order valence-corrected chi connectivity index (χ1v) is 7.98. The van der Waals surface area contributed by atoms with Crippen LogP contribution in [0.4, 0.5) is 0 Å². The highest BCUT2D eigenvalue weighted by Crippen LogP contribution is 2.26. The third-order valence-corrected chi connectivity index (χ3v) is 4.88. The van der Waals surface area contributed by atoms with Crippen LogP contribution in [0.2, 0.25) is 0 Å². The molecular weight excluding hydrogens is 278 g/mol. The van der Waals surface area contributed by atoms with Gasteiger partial charge in [-0.2, -0.15) is 0 Å². The van der Waals surface area contributed by atoms with Gasteiger partial charge in [0.2, 0.25) is 11.8 Å². The van der Waals surface area contributed by atoms with Crippen LogP contribution in [-0.2, 0) is 5.75 Å². The fourth-order valence-corrected chi connectivity index (χ4v) is 3.50. The number of hydrogen-bond acceptors (Lipinski definition) is 6. The predicted octanol–water partition coefficient (Wildman–Crippen LogP) is 3.38. The Bertz CT molecular complexity index is 592. The molecule has 3 rings (SSSR count). The maximum absolute atomic E-state index is 5.66. The van der Waals surface area contributed by atoms with Crippen molar-refractivity contribution in [2.45, 2.75) is 12.7 Å². The normalized spacial score (nSPS) is 14.7. The first-order valence-electron chi connectivity index (χ1n) is 6.01. The molecule has 1 aromatic heterocycles. The zero-order chi connectivity index (χ0) is 13.1. The van der Waals surface area contributed by atoms with E-state index in [1.165, 1.54) is 5.56 Å². The van der Waals surface area contributed by atoms with Gasteiger partial charge >= 0.3 is 0 Å². The van der Waals surface area contributed by atoms with E-state index in [0.717, 1.165) is 22.2 Å². The van der Waals surface area contributed by atoms with Crippen molar-refractivity contribution in [3.8, 4) is 11.5 Å². The molecular formula is C13H13N3OS2. The van der Waals surface area contributed by atoms with Gasteiger partial charge in [-0.3, -0.25) is 4.99 Å². The van der Waals surface area contributed by atoms with Crippen LogP contribution in [0, 0.1) is 6.92 Å². The summed E-state index contributed by atoms with van der Waals surface area (Å²) in [6.45, 7) is 2.98. The molecule has 0 atom stereocenters. The molecule has 0 saturated heterocycles. The SMILES string of the molecule is Cc1ccc(-c2nnc(CSC3=NCCS3)o2)cc1. The highest BCUT2D eigenvalue weighted by molar-refractivity contribution is 8.38. The number of hydrogen-bond donors (Lipinski definition) is 0. The topological polar surface area (TPSA) is 51.3 Å². The van der Waals surface area contributed by atoms with Gasteiger partial charge in [0.1, 0.15) is 4.38 Å². The molecule has 6 heteroatoms. The monoisotopic (exact) mass is 291 g/mol. The molecule has 0 fully saturated rings. The number of rotatable bonds is 3. The lowest BCUT2D eigenvalue weighted by atomic mass is 10.1. The Labute approximate surface area is 120 Å².